The van der Waals surface area contributed by atoms with Gasteiger partial charge in [0.1, 0.15) is 11.7 Å². The van der Waals surface area contributed by atoms with Gasteiger partial charge in [-0.05, 0) is 68.8 Å². The van der Waals surface area contributed by atoms with Gasteiger partial charge < -0.3 is 32.9 Å². The van der Waals surface area contributed by atoms with E-state index in [1.165, 1.54) is 43.3 Å². The molecule has 0 aromatic heterocycles. The smallest absolute Gasteiger partial charge is 0.251 e. The van der Waals surface area contributed by atoms with Crippen molar-refractivity contribution < 1.29 is 38.7 Å². The average Bonchev–Trinajstić information content (AvgIpc) is 2.99. The Balaban J connectivity index is 1.65. The molecule has 0 spiro atoms. The van der Waals surface area contributed by atoms with E-state index in [4.69, 9.17) is 17.2 Å². The predicted molar refractivity (Wildman–Crippen MR) is 168 cm³/mol. The summed E-state index contributed by atoms with van der Waals surface area (Å²) >= 11 is 0. The third-order valence-electron chi connectivity index (χ3n) is 9.69. The van der Waals surface area contributed by atoms with Crippen LogP contribution < -0.4 is 27.8 Å². The van der Waals surface area contributed by atoms with Crippen LogP contribution in [-0.2, 0) is 30.4 Å². The van der Waals surface area contributed by atoms with Gasteiger partial charge >= 0.3 is 0 Å². The van der Waals surface area contributed by atoms with Gasteiger partial charge in [0.25, 0.3) is 5.91 Å². The minimum atomic E-state index is -2.85. The Hall–Kier alpha value is -5.30. The van der Waals surface area contributed by atoms with E-state index in [1.54, 1.807) is 25.1 Å². The lowest BCUT2D eigenvalue weighted by atomic mass is 9.42. The number of carbonyl (C=O) groups is 7. The zero-order chi connectivity index (χ0) is 35.5. The number of benzene rings is 2. The summed E-state index contributed by atoms with van der Waals surface area (Å²) in [5, 5.41) is 26.6. The van der Waals surface area contributed by atoms with Crippen molar-refractivity contribution in [2.45, 2.75) is 36.9 Å². The third kappa shape index (κ3) is 4.71. The molecule has 15 heteroatoms. The minimum Gasteiger partial charge on any atom is -0.507 e. The molecular weight excluding hydrogens is 622 g/mol. The van der Waals surface area contributed by atoms with Crippen LogP contribution in [0.1, 0.15) is 39.6 Å². The van der Waals surface area contributed by atoms with Gasteiger partial charge in [-0.25, -0.2) is 0 Å². The van der Waals surface area contributed by atoms with Crippen molar-refractivity contribution in [3.05, 3.63) is 53.1 Å². The van der Waals surface area contributed by atoms with Gasteiger partial charge in [0.2, 0.25) is 11.8 Å². The summed E-state index contributed by atoms with van der Waals surface area (Å²) in [6.07, 6.45) is -0.831. The molecule has 9 N–H and O–H groups in total. The van der Waals surface area contributed by atoms with E-state index < -0.39 is 81.5 Å². The van der Waals surface area contributed by atoms with Gasteiger partial charge in [-0.3, -0.25) is 38.5 Å². The number of fused-ring (bicyclic) bond motifs is 3. The molecule has 2 unspecified atom stereocenters. The number of aromatic hydroxyl groups is 1. The van der Waals surface area contributed by atoms with Gasteiger partial charge in [0, 0.05) is 17.6 Å². The summed E-state index contributed by atoms with van der Waals surface area (Å²) < 4.78 is 0. The molecule has 3 amide bonds. The largest absolute Gasteiger partial charge is 0.507 e. The summed E-state index contributed by atoms with van der Waals surface area (Å²) in [7, 11) is 2.84. The molecule has 3 aliphatic carbocycles. The molecule has 0 bridgehead atoms. The molecule has 250 valence electrons. The lowest BCUT2D eigenvalue weighted by molar-refractivity contribution is -0.166. The molecule has 2 fully saturated rings. The first-order valence-corrected chi connectivity index (χ1v) is 15.1. The molecule has 6 atom stereocenters. The number of ketones is 4. The van der Waals surface area contributed by atoms with E-state index in [0.29, 0.717) is 17.7 Å². The van der Waals surface area contributed by atoms with Gasteiger partial charge in [-0.1, -0.05) is 18.2 Å². The highest BCUT2D eigenvalue weighted by Crippen LogP contribution is 2.57. The zero-order valence-electron chi connectivity index (χ0n) is 26.5. The Morgan fingerprint density at radius 2 is 1.75 bits per heavy atom. The molecule has 0 radical (unpaired) electrons. The van der Waals surface area contributed by atoms with E-state index in [0.717, 1.165) is 0 Å². The van der Waals surface area contributed by atoms with Crippen LogP contribution in [0.25, 0.3) is 11.1 Å². The summed E-state index contributed by atoms with van der Waals surface area (Å²) in [5.74, 6) is -11.5. The molecule has 3 aliphatic rings. The fourth-order valence-electron chi connectivity index (χ4n) is 7.83. The van der Waals surface area contributed by atoms with Crippen molar-refractivity contribution >= 4 is 40.9 Å². The van der Waals surface area contributed by atoms with Crippen LogP contribution in [0.5, 0.6) is 5.75 Å². The number of phenols is 1. The fraction of sp³-hybridized carbons (Fsp3) is 0.394. The van der Waals surface area contributed by atoms with Crippen LogP contribution in [0.2, 0.25) is 0 Å². The number of nitriles is 1. The molecule has 2 aromatic carbocycles. The number of rotatable bonds is 7. The monoisotopic (exact) mass is 657 g/mol. The van der Waals surface area contributed by atoms with E-state index >= 15 is 0 Å². The predicted octanol–water partition coefficient (Wildman–Crippen LogP) is -1.66. The van der Waals surface area contributed by atoms with Crippen LogP contribution in [-0.4, -0.2) is 95.2 Å². The number of primary amides is 1. The number of nitrogens with one attached hydrogen (secondary N) is 2. The van der Waals surface area contributed by atoms with Crippen LogP contribution >= 0.6 is 0 Å². The second-order valence-corrected chi connectivity index (χ2v) is 12.8. The maximum atomic E-state index is 14.5. The minimum absolute atomic E-state index is 0.186. The molecule has 2 saturated carbocycles. The Labute approximate surface area is 274 Å². The maximum absolute atomic E-state index is 14.5. The van der Waals surface area contributed by atoms with Crippen LogP contribution in [0.15, 0.2) is 36.4 Å². The van der Waals surface area contributed by atoms with Crippen molar-refractivity contribution in [3.8, 4) is 22.9 Å². The van der Waals surface area contributed by atoms with Gasteiger partial charge in [0.15, 0.2) is 34.5 Å². The van der Waals surface area contributed by atoms with E-state index in [2.05, 4.69) is 10.6 Å². The number of likely N-dealkylation sites (N-methyl/N-ethyl adjacent to an activating group) is 2. The number of hydrogen-bond donors (Lipinski definition) is 6. The average molecular weight is 658 g/mol. The van der Waals surface area contributed by atoms with Crippen molar-refractivity contribution in [1.29, 1.82) is 5.26 Å². The van der Waals surface area contributed by atoms with E-state index in [9.17, 15) is 43.9 Å². The third-order valence-corrected chi connectivity index (χ3v) is 9.69. The topological polar surface area (TPSA) is 269 Å². The molecule has 5 rings (SSSR count). The second-order valence-electron chi connectivity index (χ2n) is 12.8. The summed E-state index contributed by atoms with van der Waals surface area (Å²) in [6, 6.07) is 9.15. The van der Waals surface area contributed by atoms with Crippen molar-refractivity contribution in [3.63, 3.8) is 0 Å². The number of amides is 3. The van der Waals surface area contributed by atoms with Crippen LogP contribution in [0.4, 0.5) is 0 Å². The highest BCUT2D eigenvalue weighted by Gasteiger charge is 2.78. The lowest BCUT2D eigenvalue weighted by Gasteiger charge is -2.60. The quantitative estimate of drug-likeness (QED) is 0.183. The SMILES string of the molecule is CCNC(=O)CNC(=O)c1cccc(-c2ccc(O)c3c2C[C@@]2(N)C[C@@]4(N)[C@H](N(C)C)C(=O)C(C(N)=O)C(=O)[C@@]4(C#N)C(=O)C2C3=O)c1. The molecule has 2 aromatic rings. The normalized spacial score (nSPS) is 29.3. The van der Waals surface area contributed by atoms with Gasteiger partial charge in [-0.2, -0.15) is 5.26 Å². The van der Waals surface area contributed by atoms with Crippen LogP contribution in [0, 0.1) is 28.6 Å². The van der Waals surface area contributed by atoms with Crippen LogP contribution in [0.3, 0.4) is 0 Å². The zero-order valence-corrected chi connectivity index (χ0v) is 26.5. The standard InChI is InChI=1S/C33H35N7O8/c1-4-38-20(42)12-39-30(48)16-7-5-6-15(10-16)17-8-9-19(41)21-18(17)11-31(36)13-33(37)26(40(2)3)25(44)22(29(35)47)27(45)32(33,14-34)28(46)23(31)24(21)43/h5-10,22-23,26,41H,4,11-13,36-37H2,1-3H3,(H2,35,47)(H,38,42)(H,39,48)/t22?,23?,26-,31-,32+,33-/m1/s1. The summed E-state index contributed by atoms with van der Waals surface area (Å²) in [5.41, 5.74) is 13.1. The highest BCUT2D eigenvalue weighted by molar-refractivity contribution is 6.33. The maximum Gasteiger partial charge on any atom is 0.251 e. The number of hydrogen-bond acceptors (Lipinski definition) is 12. The Morgan fingerprint density at radius 1 is 1.06 bits per heavy atom. The Morgan fingerprint density at radius 3 is 2.35 bits per heavy atom. The van der Waals surface area contributed by atoms with E-state index in [1.807, 2.05) is 0 Å². The number of Topliss-reactive ketones (excluding diaryl/α,β-unsaturated/α-hetero) is 4. The first kappa shape index (κ1) is 34.0. The number of carbonyl (C=O) groups excluding carboxylic acids is 7. The summed E-state index contributed by atoms with van der Waals surface area (Å²) in [4.78, 5) is 94.6. The number of nitrogens with zero attached hydrogens (tertiary/aromatic N) is 2. The molecule has 0 aliphatic heterocycles. The van der Waals surface area contributed by atoms with Gasteiger partial charge in [0.05, 0.1) is 29.8 Å². The molecule has 0 saturated heterocycles. The van der Waals surface area contributed by atoms with Crippen molar-refractivity contribution in [2.75, 3.05) is 27.2 Å². The lowest BCUT2D eigenvalue weighted by Crippen LogP contribution is -2.85. The molecule has 15 nitrogen and oxygen atoms in total. The van der Waals surface area contributed by atoms with Crippen molar-refractivity contribution in [2.24, 2.45) is 34.5 Å². The fourth-order valence-corrected chi connectivity index (χ4v) is 7.83. The van der Waals surface area contributed by atoms with Gasteiger partial charge in [-0.15, -0.1) is 0 Å². The molecule has 48 heavy (non-hydrogen) atoms. The number of nitrogens with two attached hydrogens (primary N) is 3. The molecule has 0 heterocycles. The Bertz CT molecular complexity index is 1870. The molecular formula is C33H35N7O8. The van der Waals surface area contributed by atoms with E-state index in [-0.39, 0.29) is 35.6 Å². The first-order valence-electron chi connectivity index (χ1n) is 15.1. The van der Waals surface area contributed by atoms with Crippen molar-refractivity contribution in [1.82, 2.24) is 15.5 Å². The second kappa shape index (κ2) is 11.7. The summed E-state index contributed by atoms with van der Waals surface area (Å²) in [6.45, 7) is 1.88. The highest BCUT2D eigenvalue weighted by atomic mass is 16.3. The number of phenolic OH excluding ortho intramolecular Hbond substituents is 1. The Kier molecular flexibility index (Phi) is 8.33. The first-order chi connectivity index (χ1) is 22.5.